The van der Waals surface area contributed by atoms with Crippen molar-refractivity contribution in [2.24, 2.45) is 11.8 Å². The molecular formula is C17H26N4O5S. The maximum absolute atomic E-state index is 12.8. The third-order valence-corrected chi connectivity index (χ3v) is 6.52. The second kappa shape index (κ2) is 8.22. The third kappa shape index (κ3) is 4.75. The van der Waals surface area contributed by atoms with E-state index in [-0.39, 0.29) is 28.7 Å². The fourth-order valence-electron chi connectivity index (χ4n) is 3.46. The summed E-state index contributed by atoms with van der Waals surface area (Å²) in [5.74, 6) is 0.480. The number of nitrogens with zero attached hydrogens (tertiary/aromatic N) is 3. The Morgan fingerprint density at radius 3 is 2.44 bits per heavy atom. The molecule has 0 saturated carbocycles. The lowest BCUT2D eigenvalue weighted by Gasteiger charge is -2.35. The lowest BCUT2D eigenvalue weighted by molar-refractivity contribution is -0.384. The Hall–Kier alpha value is -2.20. The molecule has 0 spiro atoms. The van der Waals surface area contributed by atoms with Crippen LogP contribution in [0.4, 0.5) is 11.4 Å². The maximum Gasteiger partial charge on any atom is 0.293 e. The highest BCUT2D eigenvalue weighted by molar-refractivity contribution is 7.89. The summed E-state index contributed by atoms with van der Waals surface area (Å²) in [5, 5.41) is 13.8. The molecule has 1 aliphatic rings. The lowest BCUT2D eigenvalue weighted by Crippen LogP contribution is -2.47. The SMILES string of the molecule is CNc1ccc(S(=O)(=O)N(C)CC(=O)N2C[C@H](C)C[C@@H](C)C2)cc1[N+](=O)[O-]. The van der Waals surface area contributed by atoms with Crippen LogP contribution in [0.15, 0.2) is 23.1 Å². The molecule has 1 aromatic carbocycles. The number of piperidine rings is 1. The first-order valence-corrected chi connectivity index (χ1v) is 10.2. The van der Waals surface area contributed by atoms with Gasteiger partial charge in [0.1, 0.15) is 5.69 Å². The second-order valence-corrected chi connectivity index (χ2v) is 9.24. The van der Waals surface area contributed by atoms with Crippen molar-refractivity contribution in [3.05, 3.63) is 28.3 Å². The third-order valence-electron chi connectivity index (χ3n) is 4.72. The predicted molar refractivity (Wildman–Crippen MR) is 102 cm³/mol. The monoisotopic (exact) mass is 398 g/mol. The molecule has 1 aliphatic heterocycles. The molecule has 1 saturated heterocycles. The Morgan fingerprint density at radius 1 is 1.33 bits per heavy atom. The summed E-state index contributed by atoms with van der Waals surface area (Å²) in [6.07, 6.45) is 1.04. The molecular weight excluding hydrogens is 372 g/mol. The minimum absolute atomic E-state index is 0.217. The zero-order chi connectivity index (χ0) is 20.4. The molecule has 0 unspecified atom stereocenters. The van der Waals surface area contributed by atoms with Gasteiger partial charge >= 0.3 is 0 Å². The van der Waals surface area contributed by atoms with Crippen molar-refractivity contribution in [3.8, 4) is 0 Å². The average Bonchev–Trinajstić information content (AvgIpc) is 2.59. The first-order valence-electron chi connectivity index (χ1n) is 8.76. The van der Waals surface area contributed by atoms with Crippen LogP contribution in [0.3, 0.4) is 0 Å². The highest BCUT2D eigenvalue weighted by Gasteiger charge is 2.30. The minimum Gasteiger partial charge on any atom is -0.383 e. The number of likely N-dealkylation sites (tertiary alicyclic amines) is 1. The van der Waals surface area contributed by atoms with E-state index in [4.69, 9.17) is 0 Å². The Balaban J connectivity index is 2.20. The average molecular weight is 398 g/mol. The standard InChI is InChI=1S/C17H26N4O5S/c1-12-7-13(2)10-20(9-12)17(22)11-19(4)27(25,26)14-5-6-15(18-3)16(8-14)21(23)24/h5-6,8,12-13,18H,7,9-11H2,1-4H3/t12-,13-/m1/s1. The highest BCUT2D eigenvalue weighted by Crippen LogP contribution is 2.28. The lowest BCUT2D eigenvalue weighted by atomic mass is 9.92. The summed E-state index contributed by atoms with van der Waals surface area (Å²) >= 11 is 0. The van der Waals surface area contributed by atoms with Gasteiger partial charge in [-0.2, -0.15) is 4.31 Å². The van der Waals surface area contributed by atoms with Crippen LogP contribution >= 0.6 is 0 Å². The number of sulfonamides is 1. The van der Waals surface area contributed by atoms with Gasteiger partial charge in [0, 0.05) is 33.3 Å². The quantitative estimate of drug-likeness (QED) is 0.577. The van der Waals surface area contributed by atoms with Crippen LogP contribution in [0.2, 0.25) is 0 Å². The van der Waals surface area contributed by atoms with Crippen molar-refractivity contribution in [1.29, 1.82) is 0 Å². The highest BCUT2D eigenvalue weighted by atomic mass is 32.2. The van der Waals surface area contributed by atoms with Gasteiger partial charge in [-0.1, -0.05) is 13.8 Å². The summed E-state index contributed by atoms with van der Waals surface area (Å²) in [5.41, 5.74) is -0.119. The van der Waals surface area contributed by atoms with Gasteiger partial charge in [0.25, 0.3) is 5.69 Å². The summed E-state index contributed by atoms with van der Waals surface area (Å²) in [7, 11) is -1.20. The minimum atomic E-state index is -4.03. The second-order valence-electron chi connectivity index (χ2n) is 7.19. The number of benzene rings is 1. The molecule has 1 amide bonds. The molecule has 0 aromatic heterocycles. The van der Waals surface area contributed by atoms with Crippen molar-refractivity contribution >= 4 is 27.3 Å². The number of amides is 1. The number of nitrogens with one attached hydrogen (secondary N) is 1. The smallest absolute Gasteiger partial charge is 0.293 e. The number of nitro benzene ring substituents is 1. The van der Waals surface area contributed by atoms with Gasteiger partial charge < -0.3 is 10.2 Å². The van der Waals surface area contributed by atoms with Crippen molar-refractivity contribution < 1.29 is 18.1 Å². The van der Waals surface area contributed by atoms with Crippen LogP contribution in [0.5, 0.6) is 0 Å². The zero-order valence-corrected chi connectivity index (χ0v) is 16.8. The molecule has 27 heavy (non-hydrogen) atoms. The number of anilines is 1. The van der Waals surface area contributed by atoms with E-state index in [1.165, 1.54) is 26.2 Å². The van der Waals surface area contributed by atoms with Crippen molar-refractivity contribution in [2.45, 2.75) is 25.2 Å². The predicted octanol–water partition coefficient (Wildman–Crippen LogP) is 1.76. The Bertz CT molecular complexity index is 817. The van der Waals surface area contributed by atoms with Crippen LogP contribution < -0.4 is 5.32 Å². The van der Waals surface area contributed by atoms with Crippen LogP contribution in [0.1, 0.15) is 20.3 Å². The summed E-state index contributed by atoms with van der Waals surface area (Å²) in [4.78, 5) is 24.6. The van der Waals surface area contributed by atoms with Gasteiger partial charge in [-0.05, 0) is 30.4 Å². The molecule has 0 radical (unpaired) electrons. The Labute approximate surface area is 159 Å². The number of hydrogen-bond acceptors (Lipinski definition) is 6. The number of rotatable bonds is 6. The topological polar surface area (TPSA) is 113 Å². The summed E-state index contributed by atoms with van der Waals surface area (Å²) < 4.78 is 26.5. The summed E-state index contributed by atoms with van der Waals surface area (Å²) in [6, 6.07) is 3.64. The van der Waals surface area contributed by atoms with E-state index in [1.54, 1.807) is 4.90 Å². The van der Waals surface area contributed by atoms with Crippen LogP contribution in [0.25, 0.3) is 0 Å². The first kappa shape index (κ1) is 21.1. The van der Waals surface area contributed by atoms with Gasteiger partial charge in [-0.3, -0.25) is 14.9 Å². The van der Waals surface area contributed by atoms with E-state index in [0.29, 0.717) is 24.9 Å². The van der Waals surface area contributed by atoms with Gasteiger partial charge in [0.15, 0.2) is 0 Å². The molecule has 0 bridgehead atoms. The molecule has 9 nitrogen and oxygen atoms in total. The molecule has 2 atom stereocenters. The largest absolute Gasteiger partial charge is 0.383 e. The van der Waals surface area contributed by atoms with Gasteiger partial charge in [0.2, 0.25) is 15.9 Å². The van der Waals surface area contributed by atoms with Crippen molar-refractivity contribution in [1.82, 2.24) is 9.21 Å². The first-order chi connectivity index (χ1) is 12.6. The van der Waals surface area contributed by atoms with Gasteiger partial charge in [-0.15, -0.1) is 0 Å². The Kier molecular flexibility index (Phi) is 6.42. The van der Waals surface area contributed by atoms with E-state index in [1.807, 2.05) is 0 Å². The van der Waals surface area contributed by atoms with Gasteiger partial charge in [-0.25, -0.2) is 8.42 Å². The van der Waals surface area contributed by atoms with Crippen molar-refractivity contribution in [3.63, 3.8) is 0 Å². The Morgan fingerprint density at radius 2 is 1.93 bits per heavy atom. The number of nitro groups is 1. The number of likely N-dealkylation sites (N-methyl/N-ethyl adjacent to an activating group) is 1. The normalized spacial score (nSPS) is 20.6. The molecule has 2 rings (SSSR count). The number of carbonyl (C=O) groups excluding carboxylic acids is 1. The fourth-order valence-corrected chi connectivity index (χ4v) is 4.60. The molecule has 1 fully saturated rings. The summed E-state index contributed by atoms with van der Waals surface area (Å²) in [6.45, 7) is 5.06. The van der Waals surface area contributed by atoms with E-state index >= 15 is 0 Å². The fraction of sp³-hybridized carbons (Fsp3) is 0.588. The molecule has 1 heterocycles. The van der Waals surface area contributed by atoms with Crippen LogP contribution in [-0.4, -0.2) is 62.2 Å². The van der Waals surface area contributed by atoms with Crippen LogP contribution in [-0.2, 0) is 14.8 Å². The molecule has 10 heteroatoms. The van der Waals surface area contributed by atoms with E-state index in [2.05, 4.69) is 19.2 Å². The zero-order valence-electron chi connectivity index (χ0n) is 16.0. The van der Waals surface area contributed by atoms with Gasteiger partial charge in [0.05, 0.1) is 16.4 Å². The van der Waals surface area contributed by atoms with Crippen LogP contribution in [0, 0.1) is 22.0 Å². The molecule has 150 valence electrons. The number of hydrogen-bond donors (Lipinski definition) is 1. The molecule has 1 aromatic rings. The van der Waals surface area contributed by atoms with E-state index in [9.17, 15) is 23.3 Å². The van der Waals surface area contributed by atoms with Crippen molar-refractivity contribution in [2.75, 3.05) is 39.0 Å². The number of carbonyl (C=O) groups is 1. The van der Waals surface area contributed by atoms with E-state index in [0.717, 1.165) is 16.8 Å². The van der Waals surface area contributed by atoms with E-state index < -0.39 is 14.9 Å². The maximum atomic E-state index is 12.8. The molecule has 0 aliphatic carbocycles. The molecule has 1 N–H and O–H groups in total.